The Balaban J connectivity index is 1.71. The molecule has 4 rings (SSSR count). The van der Waals surface area contributed by atoms with Crippen molar-refractivity contribution in [1.29, 1.82) is 0 Å². The maximum absolute atomic E-state index is 12.9. The van der Waals surface area contributed by atoms with Crippen molar-refractivity contribution in [2.24, 2.45) is 5.41 Å². The highest BCUT2D eigenvalue weighted by Crippen LogP contribution is 2.29. The lowest BCUT2D eigenvalue weighted by Gasteiger charge is -2.31. The molecule has 0 saturated carbocycles. The Morgan fingerprint density at radius 1 is 1.19 bits per heavy atom. The van der Waals surface area contributed by atoms with E-state index >= 15 is 0 Å². The summed E-state index contributed by atoms with van der Waals surface area (Å²) in [6, 6.07) is 9.21. The minimum absolute atomic E-state index is 0.0408. The van der Waals surface area contributed by atoms with E-state index in [9.17, 15) is 4.79 Å². The molecule has 5 nitrogen and oxygen atoms in total. The van der Waals surface area contributed by atoms with E-state index in [-0.39, 0.29) is 11.0 Å². The smallest absolute Gasteiger partial charge is 0.261 e. The van der Waals surface area contributed by atoms with E-state index in [0.29, 0.717) is 22.3 Å². The first kappa shape index (κ1) is 17.3. The largest absolute Gasteiger partial charge is 0.495 e. The lowest BCUT2D eigenvalue weighted by Crippen LogP contribution is -2.36. The van der Waals surface area contributed by atoms with Gasteiger partial charge < -0.3 is 4.74 Å². The second-order valence-electron chi connectivity index (χ2n) is 7.65. The molecule has 27 heavy (non-hydrogen) atoms. The van der Waals surface area contributed by atoms with Crippen LogP contribution < -0.4 is 10.3 Å². The molecule has 1 aromatic carbocycles. The standard InChI is InChI=1S/C22H21N3O2/c1-22(2)11-10-20-24-19-12-15(5-9-18(19)21(26)25(20)14-22)4-6-16-7-8-17(27-3)13-23-16/h5,7-9,12-13H,10-11,14H2,1-3H3. The van der Waals surface area contributed by atoms with Crippen LogP contribution in [0.4, 0.5) is 0 Å². The molecule has 0 bridgehead atoms. The lowest BCUT2D eigenvalue weighted by molar-refractivity contribution is 0.240. The number of rotatable bonds is 1. The number of benzene rings is 1. The SMILES string of the molecule is COc1ccc(C#Cc2ccc3c(=O)n4c(nc3c2)CCC(C)(C)C4)nc1. The minimum atomic E-state index is 0.0408. The molecular weight excluding hydrogens is 338 g/mol. The molecule has 1 aliphatic rings. The Labute approximate surface area is 158 Å². The summed E-state index contributed by atoms with van der Waals surface area (Å²) >= 11 is 0. The third-order valence-corrected chi connectivity index (χ3v) is 4.95. The fourth-order valence-electron chi connectivity index (χ4n) is 3.37. The Hall–Kier alpha value is -3.13. The summed E-state index contributed by atoms with van der Waals surface area (Å²) in [4.78, 5) is 21.9. The fourth-order valence-corrected chi connectivity index (χ4v) is 3.37. The van der Waals surface area contributed by atoms with Crippen LogP contribution in [-0.2, 0) is 13.0 Å². The second kappa shape index (κ2) is 6.55. The summed E-state index contributed by atoms with van der Waals surface area (Å²) < 4.78 is 6.93. The van der Waals surface area contributed by atoms with Crippen LogP contribution in [0.1, 0.15) is 37.4 Å². The first-order valence-corrected chi connectivity index (χ1v) is 9.01. The van der Waals surface area contributed by atoms with Crippen molar-refractivity contribution < 1.29 is 4.74 Å². The Morgan fingerprint density at radius 3 is 2.78 bits per heavy atom. The quantitative estimate of drug-likeness (QED) is 0.626. The summed E-state index contributed by atoms with van der Waals surface area (Å²) in [5.41, 5.74) is 2.35. The fraction of sp³-hybridized carbons (Fsp3) is 0.318. The summed E-state index contributed by atoms with van der Waals surface area (Å²) in [7, 11) is 1.60. The number of hydrogen-bond acceptors (Lipinski definition) is 4. The number of fused-ring (bicyclic) bond motifs is 2. The summed E-state index contributed by atoms with van der Waals surface area (Å²) in [5.74, 6) is 7.71. The zero-order chi connectivity index (χ0) is 19.0. The van der Waals surface area contributed by atoms with Crippen molar-refractivity contribution in [2.75, 3.05) is 7.11 Å². The van der Waals surface area contributed by atoms with Crippen LogP contribution in [0.5, 0.6) is 5.75 Å². The molecule has 0 saturated heterocycles. The van der Waals surface area contributed by atoms with Gasteiger partial charge in [0.05, 0.1) is 24.2 Å². The van der Waals surface area contributed by atoms with Crippen LogP contribution in [0.15, 0.2) is 41.3 Å². The molecular formula is C22H21N3O2. The van der Waals surface area contributed by atoms with Crippen molar-refractivity contribution in [3.63, 3.8) is 0 Å². The highest BCUT2D eigenvalue weighted by molar-refractivity contribution is 5.79. The first-order valence-electron chi connectivity index (χ1n) is 9.01. The van der Waals surface area contributed by atoms with Gasteiger partial charge in [-0.1, -0.05) is 19.8 Å². The molecule has 2 aromatic heterocycles. The van der Waals surface area contributed by atoms with Gasteiger partial charge in [0.15, 0.2) is 0 Å². The lowest BCUT2D eigenvalue weighted by atomic mass is 9.85. The topological polar surface area (TPSA) is 57.0 Å². The number of aryl methyl sites for hydroxylation is 1. The van der Waals surface area contributed by atoms with Crippen molar-refractivity contribution in [1.82, 2.24) is 14.5 Å². The molecule has 1 aliphatic heterocycles. The molecule has 0 spiro atoms. The van der Waals surface area contributed by atoms with Gasteiger partial charge in [-0.05, 0) is 48.1 Å². The Morgan fingerprint density at radius 2 is 2.04 bits per heavy atom. The van der Waals surface area contributed by atoms with Crippen LogP contribution >= 0.6 is 0 Å². The van der Waals surface area contributed by atoms with Gasteiger partial charge in [0.25, 0.3) is 5.56 Å². The number of ether oxygens (including phenoxy) is 1. The second-order valence-corrected chi connectivity index (χ2v) is 7.65. The third-order valence-electron chi connectivity index (χ3n) is 4.95. The summed E-state index contributed by atoms with van der Waals surface area (Å²) in [5, 5.41) is 0.643. The first-order chi connectivity index (χ1) is 12.9. The van der Waals surface area contributed by atoms with Crippen molar-refractivity contribution in [2.45, 2.75) is 33.2 Å². The molecule has 136 valence electrons. The highest BCUT2D eigenvalue weighted by atomic mass is 16.5. The summed E-state index contributed by atoms with van der Waals surface area (Å²) in [6.45, 7) is 5.10. The Kier molecular flexibility index (Phi) is 4.19. The maximum Gasteiger partial charge on any atom is 0.261 e. The number of nitrogens with zero attached hydrogens (tertiary/aromatic N) is 3. The molecule has 0 radical (unpaired) electrons. The van der Waals surface area contributed by atoms with Gasteiger partial charge >= 0.3 is 0 Å². The van der Waals surface area contributed by atoms with E-state index in [1.165, 1.54) is 0 Å². The molecule has 0 aliphatic carbocycles. The van der Waals surface area contributed by atoms with Gasteiger partial charge in [0.2, 0.25) is 0 Å². The monoisotopic (exact) mass is 359 g/mol. The number of aromatic nitrogens is 3. The highest BCUT2D eigenvalue weighted by Gasteiger charge is 2.27. The minimum Gasteiger partial charge on any atom is -0.495 e. The molecule has 0 fully saturated rings. The summed E-state index contributed by atoms with van der Waals surface area (Å²) in [6.07, 6.45) is 3.50. The molecule has 0 amide bonds. The van der Waals surface area contributed by atoms with Crippen LogP contribution in [0.2, 0.25) is 0 Å². The average molecular weight is 359 g/mol. The van der Waals surface area contributed by atoms with Gasteiger partial charge in [-0.3, -0.25) is 9.36 Å². The van der Waals surface area contributed by atoms with Crippen LogP contribution in [-0.4, -0.2) is 21.6 Å². The maximum atomic E-state index is 12.9. The molecule has 0 unspecified atom stereocenters. The number of methoxy groups -OCH3 is 1. The molecule has 0 atom stereocenters. The van der Waals surface area contributed by atoms with Crippen LogP contribution in [0, 0.1) is 17.3 Å². The average Bonchev–Trinajstić information content (AvgIpc) is 2.67. The third kappa shape index (κ3) is 3.43. The van der Waals surface area contributed by atoms with Gasteiger partial charge in [0.1, 0.15) is 17.3 Å². The zero-order valence-corrected chi connectivity index (χ0v) is 15.7. The van der Waals surface area contributed by atoms with E-state index in [1.54, 1.807) is 13.3 Å². The number of pyridine rings is 1. The predicted octanol–water partition coefficient (Wildman–Crippen LogP) is 3.17. The van der Waals surface area contributed by atoms with E-state index in [4.69, 9.17) is 9.72 Å². The predicted molar refractivity (Wildman–Crippen MR) is 105 cm³/mol. The van der Waals surface area contributed by atoms with Crippen LogP contribution in [0.3, 0.4) is 0 Å². The van der Waals surface area contributed by atoms with E-state index in [2.05, 4.69) is 30.7 Å². The molecule has 5 heteroatoms. The van der Waals surface area contributed by atoms with E-state index < -0.39 is 0 Å². The Bertz CT molecular complexity index is 1130. The van der Waals surface area contributed by atoms with Gasteiger partial charge in [-0.2, -0.15) is 0 Å². The molecule has 3 heterocycles. The van der Waals surface area contributed by atoms with Crippen LogP contribution in [0.25, 0.3) is 10.9 Å². The van der Waals surface area contributed by atoms with Gasteiger partial charge in [0, 0.05) is 18.5 Å². The van der Waals surface area contributed by atoms with Crippen molar-refractivity contribution >= 4 is 10.9 Å². The zero-order valence-electron chi connectivity index (χ0n) is 15.7. The van der Waals surface area contributed by atoms with Gasteiger partial charge in [-0.25, -0.2) is 9.97 Å². The normalized spacial score (nSPS) is 14.9. The van der Waals surface area contributed by atoms with Gasteiger partial charge in [-0.15, -0.1) is 0 Å². The van der Waals surface area contributed by atoms with E-state index in [1.807, 2.05) is 34.9 Å². The molecule has 0 N–H and O–H groups in total. The number of hydrogen-bond donors (Lipinski definition) is 0. The van der Waals surface area contributed by atoms with E-state index in [0.717, 1.165) is 30.8 Å². The van der Waals surface area contributed by atoms with Crippen molar-refractivity contribution in [3.8, 4) is 17.6 Å². The van der Waals surface area contributed by atoms with Crippen molar-refractivity contribution in [3.05, 3.63) is 64.0 Å². The molecule has 3 aromatic rings.